The molecule has 0 saturated carbocycles. The SMILES string of the molecule is CCCC(C(NO)c1ccc(Cl)c(Cl)c1)S(=O)(=O)N1CCN(c2ccc(F)cc2)CC1. The summed E-state index contributed by atoms with van der Waals surface area (Å²) in [7, 11) is -3.73. The second-order valence-corrected chi connectivity index (χ2v) is 10.5. The fourth-order valence-corrected chi connectivity index (χ4v) is 6.35. The van der Waals surface area contributed by atoms with Crippen LogP contribution < -0.4 is 10.4 Å². The van der Waals surface area contributed by atoms with Gasteiger partial charge in [0.05, 0.1) is 21.3 Å². The van der Waals surface area contributed by atoms with Gasteiger partial charge in [0.2, 0.25) is 10.0 Å². The summed E-state index contributed by atoms with van der Waals surface area (Å²) >= 11 is 12.1. The molecule has 1 fully saturated rings. The van der Waals surface area contributed by atoms with Crippen molar-refractivity contribution in [2.45, 2.75) is 31.1 Å². The molecule has 0 aliphatic carbocycles. The zero-order chi connectivity index (χ0) is 22.6. The molecule has 0 radical (unpaired) electrons. The zero-order valence-corrected chi connectivity index (χ0v) is 19.5. The van der Waals surface area contributed by atoms with Crippen molar-refractivity contribution in [1.29, 1.82) is 0 Å². The Morgan fingerprint density at radius 2 is 1.71 bits per heavy atom. The fraction of sp³-hybridized carbons (Fsp3) is 0.429. The van der Waals surface area contributed by atoms with Crippen molar-refractivity contribution in [2.24, 2.45) is 0 Å². The molecule has 1 saturated heterocycles. The smallest absolute Gasteiger partial charge is 0.219 e. The van der Waals surface area contributed by atoms with Crippen LogP contribution in [0.5, 0.6) is 0 Å². The molecule has 0 spiro atoms. The molecule has 170 valence electrons. The number of hydrogen-bond acceptors (Lipinski definition) is 5. The van der Waals surface area contributed by atoms with E-state index in [-0.39, 0.29) is 5.82 Å². The van der Waals surface area contributed by atoms with Gasteiger partial charge in [0.15, 0.2) is 0 Å². The molecule has 3 rings (SSSR count). The minimum Gasteiger partial charge on any atom is -0.369 e. The number of anilines is 1. The third-order valence-electron chi connectivity index (χ3n) is 5.56. The van der Waals surface area contributed by atoms with Gasteiger partial charge >= 0.3 is 0 Å². The van der Waals surface area contributed by atoms with Crippen molar-refractivity contribution in [2.75, 3.05) is 31.1 Å². The second-order valence-electron chi connectivity index (χ2n) is 7.51. The molecular formula is C21H26Cl2FN3O3S. The number of nitrogens with one attached hydrogen (secondary N) is 1. The van der Waals surface area contributed by atoms with Gasteiger partial charge in [-0.15, -0.1) is 0 Å². The van der Waals surface area contributed by atoms with Crippen LogP contribution >= 0.6 is 23.2 Å². The van der Waals surface area contributed by atoms with E-state index in [0.29, 0.717) is 54.6 Å². The molecule has 0 bridgehead atoms. The summed E-state index contributed by atoms with van der Waals surface area (Å²) in [6.45, 7) is 3.50. The van der Waals surface area contributed by atoms with Crippen molar-refractivity contribution in [3.63, 3.8) is 0 Å². The largest absolute Gasteiger partial charge is 0.369 e. The molecule has 31 heavy (non-hydrogen) atoms. The minimum absolute atomic E-state index is 0.292. The quantitative estimate of drug-likeness (QED) is 0.535. The minimum atomic E-state index is -3.73. The predicted octanol–water partition coefficient (Wildman–Crippen LogP) is 4.47. The second kappa shape index (κ2) is 10.5. The lowest BCUT2D eigenvalue weighted by molar-refractivity contribution is 0.120. The van der Waals surface area contributed by atoms with Gasteiger partial charge < -0.3 is 10.1 Å². The van der Waals surface area contributed by atoms with Gasteiger partial charge in [-0.2, -0.15) is 9.79 Å². The molecule has 1 heterocycles. The Balaban J connectivity index is 1.79. The fourth-order valence-electron chi connectivity index (χ4n) is 3.89. The molecule has 0 aromatic heterocycles. The highest BCUT2D eigenvalue weighted by Crippen LogP contribution is 2.32. The summed E-state index contributed by atoms with van der Waals surface area (Å²) in [5.41, 5.74) is 3.58. The number of nitrogens with zero attached hydrogens (tertiary/aromatic N) is 2. The summed E-state index contributed by atoms with van der Waals surface area (Å²) in [4.78, 5) is 2.03. The third-order valence-corrected chi connectivity index (χ3v) is 8.66. The molecule has 6 nitrogen and oxygen atoms in total. The molecule has 1 aliphatic heterocycles. The Hall–Kier alpha value is -1.42. The van der Waals surface area contributed by atoms with Crippen LogP contribution in [0.15, 0.2) is 42.5 Å². The molecule has 2 aromatic carbocycles. The lowest BCUT2D eigenvalue weighted by Crippen LogP contribution is -2.53. The molecule has 10 heteroatoms. The van der Waals surface area contributed by atoms with Crippen molar-refractivity contribution in [1.82, 2.24) is 9.79 Å². The summed E-state index contributed by atoms with van der Waals surface area (Å²) in [5.74, 6) is -0.308. The topological polar surface area (TPSA) is 72.9 Å². The summed E-state index contributed by atoms with van der Waals surface area (Å²) in [5, 5.41) is 9.63. The first-order valence-corrected chi connectivity index (χ1v) is 12.4. The van der Waals surface area contributed by atoms with E-state index in [0.717, 1.165) is 5.69 Å². The van der Waals surface area contributed by atoms with Gasteiger partial charge in [-0.25, -0.2) is 12.8 Å². The number of sulfonamides is 1. The highest BCUT2D eigenvalue weighted by molar-refractivity contribution is 7.89. The van der Waals surface area contributed by atoms with Crippen LogP contribution in [0.25, 0.3) is 0 Å². The Morgan fingerprint density at radius 1 is 1.06 bits per heavy atom. The monoisotopic (exact) mass is 489 g/mol. The van der Waals surface area contributed by atoms with E-state index < -0.39 is 21.3 Å². The Kier molecular flexibility index (Phi) is 8.18. The van der Waals surface area contributed by atoms with Gasteiger partial charge in [0.25, 0.3) is 0 Å². The van der Waals surface area contributed by atoms with E-state index in [1.807, 2.05) is 11.8 Å². The Labute approximate surface area is 192 Å². The van der Waals surface area contributed by atoms with Crippen LogP contribution in [0.3, 0.4) is 0 Å². The van der Waals surface area contributed by atoms with Crippen molar-refractivity contribution >= 4 is 38.9 Å². The van der Waals surface area contributed by atoms with Crippen LogP contribution in [0.2, 0.25) is 10.0 Å². The first kappa shape index (κ1) is 24.2. The van der Waals surface area contributed by atoms with Gasteiger partial charge in [-0.3, -0.25) is 0 Å². The summed E-state index contributed by atoms with van der Waals surface area (Å²) in [6, 6.07) is 10.1. The number of halogens is 3. The third kappa shape index (κ3) is 5.50. The average molecular weight is 490 g/mol. The maximum atomic E-state index is 13.5. The highest BCUT2D eigenvalue weighted by Gasteiger charge is 2.39. The highest BCUT2D eigenvalue weighted by atomic mass is 35.5. The van der Waals surface area contributed by atoms with E-state index >= 15 is 0 Å². The van der Waals surface area contributed by atoms with E-state index in [1.54, 1.807) is 30.3 Å². The van der Waals surface area contributed by atoms with Gasteiger partial charge in [0, 0.05) is 31.9 Å². The van der Waals surface area contributed by atoms with Gasteiger partial charge in [-0.05, 0) is 48.4 Å². The molecule has 2 aromatic rings. The lowest BCUT2D eigenvalue weighted by Gasteiger charge is -2.38. The van der Waals surface area contributed by atoms with E-state index in [9.17, 15) is 18.0 Å². The molecule has 2 N–H and O–H groups in total. The van der Waals surface area contributed by atoms with Gasteiger partial charge in [0.1, 0.15) is 5.82 Å². The molecule has 0 amide bonds. The maximum absolute atomic E-state index is 13.5. The van der Waals surface area contributed by atoms with E-state index in [1.165, 1.54) is 16.4 Å². The standard InChI is InChI=1S/C21H26Cl2FN3O3S/c1-2-3-20(21(25-28)15-4-9-18(22)19(23)14-15)31(29,30)27-12-10-26(11-13-27)17-7-5-16(24)6-8-17/h4-9,14,20-21,25,28H,2-3,10-13H2,1H3. The molecular weight excluding hydrogens is 464 g/mol. The summed E-state index contributed by atoms with van der Waals surface area (Å²) in [6.07, 6.45) is 0.984. The van der Waals surface area contributed by atoms with Gasteiger partial charge in [-0.1, -0.05) is 42.6 Å². The van der Waals surface area contributed by atoms with Crippen LogP contribution in [0, 0.1) is 5.82 Å². The average Bonchev–Trinajstić information content (AvgIpc) is 2.76. The summed E-state index contributed by atoms with van der Waals surface area (Å²) < 4.78 is 41.7. The maximum Gasteiger partial charge on any atom is 0.219 e. The number of hydroxylamine groups is 1. The lowest BCUT2D eigenvalue weighted by atomic mass is 10.0. The normalized spacial score (nSPS) is 17.5. The van der Waals surface area contributed by atoms with Crippen molar-refractivity contribution < 1.29 is 18.0 Å². The first-order valence-electron chi connectivity index (χ1n) is 10.1. The van der Waals surface area contributed by atoms with Crippen LogP contribution in [0.4, 0.5) is 10.1 Å². The first-order chi connectivity index (χ1) is 14.8. The zero-order valence-electron chi connectivity index (χ0n) is 17.1. The van der Waals surface area contributed by atoms with Crippen LogP contribution in [-0.2, 0) is 10.0 Å². The molecule has 1 aliphatic rings. The number of hydrogen-bond donors (Lipinski definition) is 2. The number of benzene rings is 2. The Morgan fingerprint density at radius 3 is 2.26 bits per heavy atom. The van der Waals surface area contributed by atoms with Crippen molar-refractivity contribution in [3.8, 4) is 0 Å². The van der Waals surface area contributed by atoms with Crippen LogP contribution in [-0.4, -0.2) is 49.4 Å². The van der Waals surface area contributed by atoms with Crippen molar-refractivity contribution in [3.05, 3.63) is 63.9 Å². The molecule has 2 unspecified atom stereocenters. The van der Waals surface area contributed by atoms with E-state index in [4.69, 9.17) is 23.2 Å². The number of rotatable bonds is 8. The van der Waals surface area contributed by atoms with Crippen LogP contribution in [0.1, 0.15) is 31.4 Å². The van der Waals surface area contributed by atoms with E-state index in [2.05, 4.69) is 5.48 Å². The number of piperazine rings is 1. The predicted molar refractivity (Wildman–Crippen MR) is 122 cm³/mol. The Bertz CT molecular complexity index is 984. The molecule has 2 atom stereocenters.